The van der Waals surface area contributed by atoms with Gasteiger partial charge in [-0.2, -0.15) is 5.10 Å². The second-order valence-corrected chi connectivity index (χ2v) is 4.62. The first-order valence-corrected chi connectivity index (χ1v) is 6.06. The van der Waals surface area contributed by atoms with Crippen LogP contribution in [0.2, 0.25) is 0 Å². The van der Waals surface area contributed by atoms with Gasteiger partial charge in [-0.05, 0) is 26.8 Å². The molecule has 0 spiro atoms. The van der Waals surface area contributed by atoms with Gasteiger partial charge in [-0.25, -0.2) is 4.68 Å². The van der Waals surface area contributed by atoms with Crippen LogP contribution >= 0.6 is 0 Å². The van der Waals surface area contributed by atoms with Gasteiger partial charge in [0, 0.05) is 29.7 Å². The summed E-state index contributed by atoms with van der Waals surface area (Å²) in [6, 6.07) is 3.59. The summed E-state index contributed by atoms with van der Waals surface area (Å²) in [6.07, 6.45) is 3.13. The number of rotatable bonds is 3. The quantitative estimate of drug-likeness (QED) is 0.882. The minimum atomic E-state index is -0.285. The van der Waals surface area contributed by atoms with Crippen molar-refractivity contribution in [3.63, 3.8) is 0 Å². The lowest BCUT2D eigenvalue weighted by atomic mass is 10.2. The van der Waals surface area contributed by atoms with Crippen molar-refractivity contribution < 1.29 is 4.79 Å². The fourth-order valence-electron chi connectivity index (χ4n) is 1.78. The van der Waals surface area contributed by atoms with Gasteiger partial charge in [-0.15, -0.1) is 0 Å². The normalized spacial score (nSPS) is 10.7. The minimum absolute atomic E-state index is 0.166. The maximum absolute atomic E-state index is 12.1. The van der Waals surface area contributed by atoms with Crippen LogP contribution in [0.4, 0.5) is 11.5 Å². The Morgan fingerprint density at radius 3 is 2.84 bits per heavy atom. The Morgan fingerprint density at radius 2 is 2.21 bits per heavy atom. The summed E-state index contributed by atoms with van der Waals surface area (Å²) in [7, 11) is 0. The molecular weight excluding hydrogens is 242 g/mol. The van der Waals surface area contributed by atoms with E-state index in [9.17, 15) is 4.79 Å². The number of carbonyl (C=O) groups excluding carboxylic acids is 1. The molecule has 0 atom stereocenters. The standard InChI is InChI=1S/C13H17N5O/c1-8(2)18-12(4-5-16-18)17-13(19)10-7-15-9(3)6-11(10)14/h4-8H,1-3H3,(H2,14,15)(H,17,19). The first kappa shape index (κ1) is 13.1. The van der Waals surface area contributed by atoms with Crippen molar-refractivity contribution in [2.24, 2.45) is 0 Å². The molecule has 0 saturated carbocycles. The average Bonchev–Trinajstić information content (AvgIpc) is 2.76. The van der Waals surface area contributed by atoms with Gasteiger partial charge in [0.25, 0.3) is 5.91 Å². The number of aryl methyl sites for hydroxylation is 1. The summed E-state index contributed by atoms with van der Waals surface area (Å²) in [5.41, 5.74) is 7.39. The number of hydrogen-bond donors (Lipinski definition) is 2. The van der Waals surface area contributed by atoms with Crippen molar-refractivity contribution >= 4 is 17.4 Å². The zero-order chi connectivity index (χ0) is 14.0. The summed E-state index contributed by atoms with van der Waals surface area (Å²) in [5, 5.41) is 6.94. The minimum Gasteiger partial charge on any atom is -0.398 e. The second-order valence-electron chi connectivity index (χ2n) is 4.62. The molecule has 1 amide bonds. The van der Waals surface area contributed by atoms with Crippen molar-refractivity contribution in [2.45, 2.75) is 26.8 Å². The van der Waals surface area contributed by atoms with Crippen LogP contribution in [-0.2, 0) is 0 Å². The molecule has 0 aliphatic heterocycles. The molecule has 0 aliphatic carbocycles. The van der Waals surface area contributed by atoms with Crippen LogP contribution in [0.15, 0.2) is 24.5 Å². The van der Waals surface area contributed by atoms with Crippen molar-refractivity contribution in [3.05, 3.63) is 35.8 Å². The van der Waals surface area contributed by atoms with Crippen molar-refractivity contribution in [1.29, 1.82) is 0 Å². The highest BCUT2D eigenvalue weighted by Gasteiger charge is 2.14. The van der Waals surface area contributed by atoms with Gasteiger partial charge in [0.1, 0.15) is 5.82 Å². The summed E-state index contributed by atoms with van der Waals surface area (Å²) < 4.78 is 1.73. The van der Waals surface area contributed by atoms with Gasteiger partial charge in [-0.3, -0.25) is 9.78 Å². The Morgan fingerprint density at radius 1 is 1.47 bits per heavy atom. The van der Waals surface area contributed by atoms with Crippen molar-refractivity contribution in [1.82, 2.24) is 14.8 Å². The van der Waals surface area contributed by atoms with E-state index in [2.05, 4.69) is 15.4 Å². The van der Waals surface area contributed by atoms with Crippen LogP contribution in [0.5, 0.6) is 0 Å². The molecule has 6 heteroatoms. The van der Waals surface area contributed by atoms with Crippen LogP contribution in [-0.4, -0.2) is 20.7 Å². The van der Waals surface area contributed by atoms with Crippen LogP contribution < -0.4 is 11.1 Å². The number of pyridine rings is 1. The highest BCUT2D eigenvalue weighted by Crippen LogP contribution is 2.17. The fourth-order valence-corrected chi connectivity index (χ4v) is 1.78. The summed E-state index contributed by atoms with van der Waals surface area (Å²) >= 11 is 0. The molecule has 2 aromatic heterocycles. The fraction of sp³-hybridized carbons (Fsp3) is 0.308. The van der Waals surface area contributed by atoms with E-state index >= 15 is 0 Å². The van der Waals surface area contributed by atoms with E-state index in [0.29, 0.717) is 17.1 Å². The molecule has 100 valence electrons. The third-order valence-corrected chi connectivity index (χ3v) is 2.72. The number of carbonyl (C=O) groups is 1. The molecule has 19 heavy (non-hydrogen) atoms. The van der Waals surface area contributed by atoms with E-state index in [1.165, 1.54) is 6.20 Å². The molecule has 0 bridgehead atoms. The number of anilines is 2. The highest BCUT2D eigenvalue weighted by atomic mass is 16.1. The smallest absolute Gasteiger partial charge is 0.260 e. The molecule has 2 rings (SSSR count). The van der Waals surface area contributed by atoms with Gasteiger partial charge in [-0.1, -0.05) is 0 Å². The van der Waals surface area contributed by atoms with Crippen LogP contribution in [0.1, 0.15) is 35.9 Å². The SMILES string of the molecule is Cc1cc(N)c(C(=O)Nc2ccnn2C(C)C)cn1. The van der Waals surface area contributed by atoms with Crippen molar-refractivity contribution in [3.8, 4) is 0 Å². The summed E-state index contributed by atoms with van der Waals surface area (Å²) in [6.45, 7) is 5.81. The van der Waals surface area contributed by atoms with E-state index < -0.39 is 0 Å². The molecule has 6 nitrogen and oxygen atoms in total. The Kier molecular flexibility index (Phi) is 3.50. The van der Waals surface area contributed by atoms with Gasteiger partial charge < -0.3 is 11.1 Å². The molecule has 0 aliphatic rings. The molecule has 0 saturated heterocycles. The summed E-state index contributed by atoms with van der Waals surface area (Å²) in [5.74, 6) is 0.354. The molecular formula is C13H17N5O. The van der Waals surface area contributed by atoms with Crippen LogP contribution in [0, 0.1) is 6.92 Å². The average molecular weight is 259 g/mol. The van der Waals surface area contributed by atoms with E-state index in [0.717, 1.165) is 5.69 Å². The number of amides is 1. The number of aromatic nitrogens is 3. The molecule has 2 aromatic rings. The monoisotopic (exact) mass is 259 g/mol. The third kappa shape index (κ3) is 2.73. The number of nitrogens with zero attached hydrogens (tertiary/aromatic N) is 3. The lowest BCUT2D eigenvalue weighted by Crippen LogP contribution is -2.18. The van der Waals surface area contributed by atoms with Gasteiger partial charge in [0.15, 0.2) is 0 Å². The predicted octanol–water partition coefficient (Wildman–Crippen LogP) is 2.00. The maximum Gasteiger partial charge on any atom is 0.260 e. The first-order valence-electron chi connectivity index (χ1n) is 6.06. The van der Waals surface area contributed by atoms with E-state index in [-0.39, 0.29) is 11.9 Å². The van der Waals surface area contributed by atoms with Gasteiger partial charge in [0.05, 0.1) is 11.8 Å². The highest BCUT2D eigenvalue weighted by molar-refractivity contribution is 6.07. The largest absolute Gasteiger partial charge is 0.398 e. The molecule has 3 N–H and O–H groups in total. The van der Waals surface area contributed by atoms with E-state index in [4.69, 9.17) is 5.73 Å². The lowest BCUT2D eigenvalue weighted by molar-refractivity contribution is 0.102. The Balaban J connectivity index is 2.23. The zero-order valence-electron chi connectivity index (χ0n) is 11.2. The molecule has 0 aromatic carbocycles. The number of nitrogens with one attached hydrogen (secondary N) is 1. The Hall–Kier alpha value is -2.37. The number of hydrogen-bond acceptors (Lipinski definition) is 4. The van der Waals surface area contributed by atoms with E-state index in [1.54, 1.807) is 23.0 Å². The summed E-state index contributed by atoms with van der Waals surface area (Å²) in [4.78, 5) is 16.2. The Bertz CT molecular complexity index is 603. The predicted molar refractivity (Wildman–Crippen MR) is 74.0 cm³/mol. The Labute approximate surface area is 111 Å². The van der Waals surface area contributed by atoms with Crippen LogP contribution in [0.3, 0.4) is 0 Å². The molecule has 0 radical (unpaired) electrons. The molecule has 0 fully saturated rings. The maximum atomic E-state index is 12.1. The topological polar surface area (TPSA) is 85.8 Å². The van der Waals surface area contributed by atoms with Crippen LogP contribution in [0.25, 0.3) is 0 Å². The third-order valence-electron chi connectivity index (χ3n) is 2.72. The van der Waals surface area contributed by atoms with Gasteiger partial charge >= 0.3 is 0 Å². The first-order chi connectivity index (χ1) is 8.99. The molecule has 0 unspecified atom stereocenters. The molecule has 2 heterocycles. The van der Waals surface area contributed by atoms with Crippen molar-refractivity contribution in [2.75, 3.05) is 11.1 Å². The van der Waals surface area contributed by atoms with Gasteiger partial charge in [0.2, 0.25) is 0 Å². The number of nitrogen functional groups attached to an aromatic ring is 1. The van der Waals surface area contributed by atoms with E-state index in [1.807, 2.05) is 20.8 Å². The second kappa shape index (κ2) is 5.09. The lowest BCUT2D eigenvalue weighted by Gasteiger charge is -2.12. The zero-order valence-corrected chi connectivity index (χ0v) is 11.2. The number of nitrogens with two attached hydrogens (primary N) is 1.